The van der Waals surface area contributed by atoms with E-state index in [0.717, 1.165) is 49.7 Å². The number of benzene rings is 2. The SMILES string of the molecule is CC1=C(C)C(=O)C(CCCCCC[C@H](CC(=O)[C@@H]2CCCN2C(=O)[C@H](/C=C/[C@H](CC(C)C)NC(=O)OC(C)(C)C)Cc2ccccc2)C(=O)NC(C)C)=C(C)C1=O.CC1=C(C)C(=O)C(CCCC[C@H](CC(=O)[C@@H]2CCCN2C(=O)[C@H](/C=C/[C@@H](N)CC(C)C)Cc2ccccc2)C(=O)NC(C)C)=C(C)C1=O. The van der Waals surface area contributed by atoms with Crippen LogP contribution in [0.2, 0.25) is 0 Å². The van der Waals surface area contributed by atoms with Gasteiger partial charge in [0.2, 0.25) is 23.6 Å². The zero-order valence-electron chi connectivity index (χ0n) is 66.4. The van der Waals surface area contributed by atoms with Gasteiger partial charge in [0.25, 0.3) is 0 Å². The molecule has 5 N–H and O–H groups in total. The Bertz CT molecular complexity index is 3560. The number of carbonyl (C=O) groups is 11. The molecule has 576 valence electrons. The highest BCUT2D eigenvalue weighted by molar-refractivity contribution is 6.25. The van der Waals surface area contributed by atoms with Crippen molar-refractivity contribution in [3.63, 3.8) is 0 Å². The van der Waals surface area contributed by atoms with E-state index >= 15 is 0 Å². The van der Waals surface area contributed by atoms with Crippen molar-refractivity contribution < 1.29 is 57.5 Å². The number of ether oxygens (including phenoxy) is 1. The van der Waals surface area contributed by atoms with Gasteiger partial charge >= 0.3 is 6.09 Å². The Morgan fingerprint density at radius 1 is 0.495 bits per heavy atom. The highest BCUT2D eigenvalue weighted by Crippen LogP contribution is 2.33. The highest BCUT2D eigenvalue weighted by Gasteiger charge is 2.41. The molecule has 2 saturated heterocycles. The molecular weight excluding hydrogens is 1320 g/mol. The number of nitrogens with one attached hydrogen (secondary N) is 3. The van der Waals surface area contributed by atoms with Crippen molar-refractivity contribution in [2.45, 2.75) is 288 Å². The first kappa shape index (κ1) is 87.6. The summed E-state index contributed by atoms with van der Waals surface area (Å²) in [7, 11) is 0. The van der Waals surface area contributed by atoms with Crippen LogP contribution in [0.15, 0.2) is 130 Å². The second kappa shape index (κ2) is 42.4. The van der Waals surface area contributed by atoms with Crippen LogP contribution in [0.25, 0.3) is 0 Å². The van der Waals surface area contributed by atoms with E-state index in [4.69, 9.17) is 10.5 Å². The molecule has 0 unspecified atom stereocenters. The Kier molecular flexibility index (Phi) is 35.4. The van der Waals surface area contributed by atoms with Crippen LogP contribution in [0.1, 0.15) is 244 Å². The zero-order chi connectivity index (χ0) is 78.0. The average Bonchev–Trinajstić information content (AvgIpc) is 1.50. The maximum atomic E-state index is 14.4. The standard InChI is InChI=1S/C47H69N3O7.C40H57N3O5/c1-30(2)27-38(49-46(56)57-47(8,9)10)25-24-37(28-35-19-14-13-15-20-35)45(55)50-26-18-23-40(50)41(51)29-36(44(54)48-31(3)4)21-16-11-12-17-22-39-34(7)42(52)32(5)33(6)43(39)53;1-25(2)22-33(41)20-19-32(23-30-14-9-8-10-15-30)40(48)43-21-13-18-35(43)36(44)24-31(39(47)42-26(3)4)16-11-12-17-34-29(7)37(45)27(5)28(6)38(34)46/h13-15,19-20,24-25,30-31,36-38,40H,11-12,16-18,21-23,26-29H2,1-10H3,(H,48,54)(H,49,56);8-10,14-15,19-20,25-26,31-33,35H,11-13,16-18,21-24,41H2,1-7H3,(H,42,47)/b25-24+;20-19+/t36-,37-,38-,40+;31-,32-,33-,35+/m11/s1. The molecule has 5 amide bonds. The van der Waals surface area contributed by atoms with Gasteiger partial charge < -0.3 is 36.2 Å². The van der Waals surface area contributed by atoms with Gasteiger partial charge in [0.1, 0.15) is 5.60 Å². The Hall–Kier alpha value is -7.99. The summed E-state index contributed by atoms with van der Waals surface area (Å²) in [5.74, 6) is -2.39. The molecule has 0 saturated carbocycles. The quantitative estimate of drug-likeness (QED) is 0.0279. The molecule has 0 aromatic heterocycles. The number of carbonyl (C=O) groups excluding carboxylic acids is 11. The van der Waals surface area contributed by atoms with E-state index in [0.29, 0.717) is 141 Å². The maximum absolute atomic E-state index is 14.4. The number of hydrogen-bond donors (Lipinski definition) is 4. The van der Waals surface area contributed by atoms with E-state index in [-0.39, 0.29) is 101 Å². The molecule has 2 aliphatic carbocycles. The fourth-order valence-electron chi connectivity index (χ4n) is 14.6. The Morgan fingerprint density at radius 3 is 1.28 bits per heavy atom. The number of alkyl carbamates (subject to hydrolysis) is 1. The summed E-state index contributed by atoms with van der Waals surface area (Å²) in [6.45, 7) is 32.6. The van der Waals surface area contributed by atoms with Crippen LogP contribution in [-0.4, -0.2) is 129 Å². The minimum Gasteiger partial charge on any atom is -0.444 e. The lowest BCUT2D eigenvalue weighted by Crippen LogP contribution is -2.45. The summed E-state index contributed by atoms with van der Waals surface area (Å²) in [6, 6.07) is 17.8. The molecule has 8 atom stereocenters. The largest absolute Gasteiger partial charge is 0.444 e. The number of rotatable bonds is 37. The van der Waals surface area contributed by atoms with E-state index in [1.165, 1.54) is 0 Å². The van der Waals surface area contributed by atoms with Crippen LogP contribution < -0.4 is 21.7 Å². The highest BCUT2D eigenvalue weighted by atomic mass is 16.6. The molecule has 0 bridgehead atoms. The number of allylic oxidation sites excluding steroid dienone is 8. The Labute approximate surface area is 627 Å². The number of Topliss-reactive ketones (excluding diaryl/α,β-unsaturated/α-hetero) is 6. The van der Waals surface area contributed by atoms with Gasteiger partial charge in [0, 0.05) is 100 Å². The topological polar surface area (TPSA) is 266 Å². The second-order valence-electron chi connectivity index (χ2n) is 32.2. The lowest BCUT2D eigenvalue weighted by molar-refractivity contribution is -0.140. The molecule has 18 heteroatoms. The van der Waals surface area contributed by atoms with Crippen molar-refractivity contribution in [3.8, 4) is 0 Å². The van der Waals surface area contributed by atoms with Crippen LogP contribution in [0, 0.1) is 35.5 Å². The van der Waals surface area contributed by atoms with Crippen LogP contribution in [0.4, 0.5) is 4.79 Å². The molecule has 4 aliphatic rings. The summed E-state index contributed by atoms with van der Waals surface area (Å²) < 4.78 is 5.52. The molecule has 2 fully saturated rings. The van der Waals surface area contributed by atoms with Gasteiger partial charge in [-0.1, -0.05) is 138 Å². The van der Waals surface area contributed by atoms with Gasteiger partial charge in [-0.25, -0.2) is 4.79 Å². The Morgan fingerprint density at radius 2 is 0.876 bits per heavy atom. The molecular formula is C87H126N6O12. The summed E-state index contributed by atoms with van der Waals surface area (Å²) in [4.78, 5) is 150. The van der Waals surface area contributed by atoms with Crippen molar-refractivity contribution in [1.29, 1.82) is 0 Å². The summed E-state index contributed by atoms with van der Waals surface area (Å²) >= 11 is 0. The van der Waals surface area contributed by atoms with Gasteiger partial charge in [-0.05, 0) is 203 Å². The Balaban J connectivity index is 0.000000383. The predicted molar refractivity (Wildman–Crippen MR) is 416 cm³/mol. The van der Waals surface area contributed by atoms with E-state index in [1.54, 1.807) is 51.3 Å². The first-order valence-corrected chi connectivity index (χ1v) is 38.9. The molecule has 18 nitrogen and oxygen atoms in total. The van der Waals surface area contributed by atoms with Gasteiger partial charge in [-0.2, -0.15) is 0 Å². The second-order valence-corrected chi connectivity index (χ2v) is 32.2. The number of unbranched alkanes of at least 4 members (excludes halogenated alkanes) is 4. The van der Waals surface area contributed by atoms with Crippen molar-refractivity contribution in [2.75, 3.05) is 13.1 Å². The van der Waals surface area contributed by atoms with E-state index in [2.05, 4.69) is 43.6 Å². The predicted octanol–water partition coefficient (Wildman–Crippen LogP) is 14.8. The summed E-state index contributed by atoms with van der Waals surface area (Å²) in [5, 5.41) is 8.94. The van der Waals surface area contributed by atoms with Gasteiger partial charge in [-0.3, -0.25) is 47.9 Å². The summed E-state index contributed by atoms with van der Waals surface area (Å²) in [6.07, 6.45) is 18.6. The molecule has 0 radical (unpaired) electrons. The molecule has 0 spiro atoms. The lowest BCUT2D eigenvalue weighted by Gasteiger charge is -2.29. The third kappa shape index (κ3) is 27.7. The summed E-state index contributed by atoms with van der Waals surface area (Å²) in [5.41, 5.74) is 12.0. The third-order valence-corrected chi connectivity index (χ3v) is 20.5. The lowest BCUT2D eigenvalue weighted by atomic mass is 9.83. The van der Waals surface area contributed by atoms with Crippen molar-refractivity contribution in [3.05, 3.63) is 141 Å². The van der Waals surface area contributed by atoms with Crippen molar-refractivity contribution in [2.24, 2.45) is 41.2 Å². The number of likely N-dealkylation sites (tertiary alicyclic amines) is 2. The third-order valence-electron chi connectivity index (χ3n) is 20.5. The average molecular weight is 1450 g/mol. The van der Waals surface area contributed by atoms with E-state index in [1.807, 2.05) is 133 Å². The van der Waals surface area contributed by atoms with Crippen molar-refractivity contribution in [1.82, 2.24) is 25.8 Å². The number of nitrogens with two attached hydrogens (primary N) is 1. The number of ketones is 6. The monoisotopic (exact) mass is 1450 g/mol. The number of nitrogens with zero attached hydrogens (tertiary/aromatic N) is 2. The maximum Gasteiger partial charge on any atom is 0.408 e. The molecule has 2 aromatic rings. The van der Waals surface area contributed by atoms with Crippen molar-refractivity contribution >= 4 is 64.4 Å². The van der Waals surface area contributed by atoms with Crippen LogP contribution in [0.5, 0.6) is 0 Å². The minimum absolute atomic E-state index is 0.0408. The first-order chi connectivity index (χ1) is 49.5. The normalized spacial score (nSPS) is 18.6. The number of hydrogen-bond acceptors (Lipinski definition) is 13. The fourth-order valence-corrected chi connectivity index (χ4v) is 14.6. The van der Waals surface area contributed by atoms with Crippen LogP contribution >= 0.6 is 0 Å². The first-order valence-electron chi connectivity index (χ1n) is 38.9. The molecule has 6 rings (SSSR count). The smallest absolute Gasteiger partial charge is 0.408 e. The molecule has 105 heavy (non-hydrogen) atoms. The molecule has 2 heterocycles. The van der Waals surface area contributed by atoms with Gasteiger partial charge in [-0.15, -0.1) is 0 Å². The number of amides is 5. The fraction of sp³-hybridized carbons (Fsp3) is 0.598. The van der Waals surface area contributed by atoms with E-state index < -0.39 is 47.4 Å². The zero-order valence-corrected chi connectivity index (χ0v) is 66.4. The molecule has 2 aromatic carbocycles. The van der Waals surface area contributed by atoms with E-state index in [9.17, 15) is 52.7 Å². The van der Waals surface area contributed by atoms with Crippen LogP contribution in [-0.2, 0) is 65.5 Å². The van der Waals surface area contributed by atoms with Gasteiger partial charge in [0.05, 0.1) is 30.0 Å². The molecule has 2 aliphatic heterocycles. The van der Waals surface area contributed by atoms with Gasteiger partial charge in [0.15, 0.2) is 34.7 Å². The van der Waals surface area contributed by atoms with Crippen LogP contribution in [0.3, 0.4) is 0 Å². The minimum atomic E-state index is -0.650.